The minimum absolute atomic E-state index is 0.185. The van der Waals surface area contributed by atoms with Gasteiger partial charge in [0.05, 0.1) is 39.4 Å². The van der Waals surface area contributed by atoms with E-state index in [1.165, 1.54) is 7.11 Å². The van der Waals surface area contributed by atoms with Gasteiger partial charge in [-0.05, 0) is 23.3 Å². The molecular weight excluding hydrogens is 633 g/mol. The average molecular weight is 673 g/mol. The SMILES string of the molecule is COc1ccc(C(=O)NCCC[N+]23CCC(CC2)[C@@H](OC(=O)C(O)(c2ccccc2)c2ccccc2)C3)c(OC)c1.O=C([O-])C(F)(F)F. The lowest BCUT2D eigenvalue weighted by atomic mass is 9.82. The number of methoxy groups -OCH3 is 2. The Kier molecular flexibility index (Phi) is 11.7. The fourth-order valence-electron chi connectivity index (χ4n) is 6.35. The van der Waals surface area contributed by atoms with Crippen molar-refractivity contribution >= 4 is 17.8 Å². The number of nitrogens with one attached hydrogen (secondary N) is 1. The zero-order valence-corrected chi connectivity index (χ0v) is 26.7. The van der Waals surface area contributed by atoms with Crippen LogP contribution >= 0.6 is 0 Å². The molecule has 258 valence electrons. The number of esters is 1. The van der Waals surface area contributed by atoms with E-state index in [0.29, 0.717) is 34.7 Å². The number of hydrogen-bond donors (Lipinski definition) is 2. The molecule has 6 rings (SSSR count). The van der Waals surface area contributed by atoms with Gasteiger partial charge in [0.2, 0.25) is 5.60 Å². The number of amides is 1. The number of benzene rings is 3. The summed E-state index contributed by atoms with van der Waals surface area (Å²) in [5.41, 5.74) is -0.432. The van der Waals surface area contributed by atoms with E-state index in [2.05, 4.69) is 5.32 Å². The number of ether oxygens (including phenoxy) is 3. The molecular formula is C35H39F3N2O8. The number of rotatable bonds is 11. The number of fused-ring (bicyclic) bond motifs is 3. The normalized spacial score (nSPS) is 20.1. The van der Waals surface area contributed by atoms with Crippen molar-refractivity contribution in [1.82, 2.24) is 5.32 Å². The van der Waals surface area contributed by atoms with Gasteiger partial charge >= 0.3 is 12.1 Å². The number of carbonyl (C=O) groups excluding carboxylic acids is 3. The van der Waals surface area contributed by atoms with Gasteiger partial charge in [0.1, 0.15) is 24.0 Å². The van der Waals surface area contributed by atoms with Gasteiger partial charge in [0, 0.05) is 37.8 Å². The number of piperidine rings is 3. The zero-order valence-electron chi connectivity index (χ0n) is 26.7. The quantitative estimate of drug-likeness (QED) is 0.180. The smallest absolute Gasteiger partial charge is 0.430 e. The highest BCUT2D eigenvalue weighted by atomic mass is 19.4. The molecule has 0 spiro atoms. The van der Waals surface area contributed by atoms with Crippen LogP contribution in [-0.2, 0) is 19.9 Å². The van der Waals surface area contributed by atoms with Gasteiger partial charge in [-0.3, -0.25) is 4.79 Å². The number of carboxylic acids is 1. The van der Waals surface area contributed by atoms with Crippen molar-refractivity contribution in [1.29, 1.82) is 0 Å². The molecule has 3 fully saturated rings. The number of hydrogen-bond acceptors (Lipinski definition) is 8. The van der Waals surface area contributed by atoms with Crippen molar-refractivity contribution in [2.75, 3.05) is 46.9 Å². The Labute approximate surface area is 276 Å². The first-order chi connectivity index (χ1) is 22.8. The number of nitrogens with zero attached hydrogens (tertiary/aromatic N) is 1. The minimum Gasteiger partial charge on any atom is -0.542 e. The molecule has 3 saturated heterocycles. The third-order valence-electron chi connectivity index (χ3n) is 8.96. The molecule has 1 amide bonds. The number of alkyl halides is 3. The monoisotopic (exact) mass is 672 g/mol. The van der Waals surface area contributed by atoms with Crippen molar-refractivity contribution in [3.8, 4) is 11.5 Å². The lowest BCUT2D eigenvalue weighted by molar-refractivity contribution is -0.946. The molecule has 0 aliphatic carbocycles. The Morgan fingerprint density at radius 3 is 1.98 bits per heavy atom. The molecule has 48 heavy (non-hydrogen) atoms. The second-order valence-electron chi connectivity index (χ2n) is 11.9. The van der Waals surface area contributed by atoms with Gasteiger partial charge in [-0.25, -0.2) is 4.79 Å². The molecule has 13 heteroatoms. The van der Waals surface area contributed by atoms with Crippen molar-refractivity contribution in [2.45, 2.75) is 37.1 Å². The Hall–Kier alpha value is -4.62. The maximum atomic E-state index is 13.7. The Morgan fingerprint density at radius 2 is 1.48 bits per heavy atom. The van der Waals surface area contributed by atoms with Crippen LogP contribution in [0, 0.1) is 5.92 Å². The fraction of sp³-hybridized carbons (Fsp3) is 0.400. The van der Waals surface area contributed by atoms with E-state index >= 15 is 0 Å². The number of halogens is 3. The van der Waals surface area contributed by atoms with Gasteiger partial charge in [0.15, 0.2) is 6.10 Å². The van der Waals surface area contributed by atoms with E-state index in [1.54, 1.807) is 49.6 Å². The largest absolute Gasteiger partial charge is 0.542 e. The van der Waals surface area contributed by atoms with Gasteiger partial charge < -0.3 is 39.0 Å². The summed E-state index contributed by atoms with van der Waals surface area (Å²) in [4.78, 5) is 35.3. The Morgan fingerprint density at radius 1 is 0.917 bits per heavy atom. The number of carbonyl (C=O) groups is 3. The topological polar surface area (TPSA) is 134 Å². The second-order valence-corrected chi connectivity index (χ2v) is 11.9. The molecule has 0 saturated carbocycles. The number of carboxylic acid groups (broad SMARTS) is 1. The summed E-state index contributed by atoms with van der Waals surface area (Å²) in [6, 6.07) is 23.2. The molecule has 0 aromatic heterocycles. The van der Waals surface area contributed by atoms with E-state index in [4.69, 9.17) is 24.1 Å². The Balaban J connectivity index is 0.000000671. The molecule has 3 heterocycles. The van der Waals surface area contributed by atoms with Crippen molar-refractivity contribution < 1.29 is 56.5 Å². The molecule has 10 nitrogen and oxygen atoms in total. The van der Waals surface area contributed by atoms with Crippen LogP contribution in [0.3, 0.4) is 0 Å². The van der Waals surface area contributed by atoms with E-state index in [9.17, 15) is 27.9 Å². The summed E-state index contributed by atoms with van der Waals surface area (Å²) in [6.45, 7) is 4.18. The maximum Gasteiger partial charge on any atom is 0.430 e. The van der Waals surface area contributed by atoms with Crippen molar-refractivity contribution in [3.05, 3.63) is 95.6 Å². The van der Waals surface area contributed by atoms with Crippen LogP contribution in [0.2, 0.25) is 0 Å². The molecule has 3 aliphatic rings. The highest BCUT2D eigenvalue weighted by molar-refractivity contribution is 5.97. The Bertz CT molecular complexity index is 1500. The molecule has 3 aromatic rings. The van der Waals surface area contributed by atoms with E-state index in [-0.39, 0.29) is 17.9 Å². The van der Waals surface area contributed by atoms with Gasteiger partial charge in [0.25, 0.3) is 5.91 Å². The predicted molar refractivity (Wildman–Crippen MR) is 166 cm³/mol. The van der Waals surface area contributed by atoms with Crippen LogP contribution < -0.4 is 19.9 Å². The summed E-state index contributed by atoms with van der Waals surface area (Å²) in [6.07, 6.45) is -2.71. The van der Waals surface area contributed by atoms with Crippen LogP contribution in [0.25, 0.3) is 0 Å². The highest BCUT2D eigenvalue weighted by Gasteiger charge is 2.50. The summed E-state index contributed by atoms with van der Waals surface area (Å²) in [5, 5.41) is 23.6. The van der Waals surface area contributed by atoms with Crippen LogP contribution in [0.1, 0.15) is 40.7 Å². The molecule has 2 N–H and O–H groups in total. The van der Waals surface area contributed by atoms with Crippen molar-refractivity contribution in [3.63, 3.8) is 0 Å². The third kappa shape index (κ3) is 8.45. The highest BCUT2D eigenvalue weighted by Crippen LogP contribution is 2.38. The van der Waals surface area contributed by atoms with E-state index in [1.807, 2.05) is 36.4 Å². The van der Waals surface area contributed by atoms with E-state index < -0.39 is 23.7 Å². The lowest BCUT2D eigenvalue weighted by Crippen LogP contribution is -2.65. The maximum absolute atomic E-state index is 13.7. The average Bonchev–Trinajstić information content (AvgIpc) is 3.10. The van der Waals surface area contributed by atoms with Crippen LogP contribution in [0.5, 0.6) is 11.5 Å². The third-order valence-corrected chi connectivity index (χ3v) is 8.96. The van der Waals surface area contributed by atoms with Gasteiger partial charge in [-0.1, -0.05) is 60.7 Å². The molecule has 0 radical (unpaired) electrons. The zero-order chi connectivity index (χ0) is 35.0. The molecule has 3 aromatic carbocycles. The molecule has 2 bridgehead atoms. The first-order valence-electron chi connectivity index (χ1n) is 15.5. The first-order valence-corrected chi connectivity index (χ1v) is 15.5. The number of quaternary nitrogens is 1. The standard InChI is InChI=1S/C33H38N2O6.C2HF3O2/c1-39-27-14-15-28(29(22-27)40-2)31(36)34-18-9-19-35-20-16-24(17-21-35)30(23-35)41-32(37)33(38,25-10-5-3-6-11-25)26-12-7-4-8-13-26;3-2(4,5)1(6)7/h3-8,10-15,22,24,30,38H,9,16-21,23H2,1-2H3;(H,6,7)/t24?,30-,35?;/m0./s1. The van der Waals surface area contributed by atoms with Crippen LogP contribution in [0.15, 0.2) is 78.9 Å². The van der Waals surface area contributed by atoms with Crippen LogP contribution in [-0.4, -0.2) is 86.7 Å². The summed E-state index contributed by atoms with van der Waals surface area (Å²) in [5.74, 6) is -2.44. The summed E-state index contributed by atoms with van der Waals surface area (Å²) >= 11 is 0. The van der Waals surface area contributed by atoms with Crippen molar-refractivity contribution in [2.24, 2.45) is 5.92 Å². The van der Waals surface area contributed by atoms with Gasteiger partial charge in [-0.15, -0.1) is 0 Å². The molecule has 3 aliphatic heterocycles. The second kappa shape index (κ2) is 15.5. The minimum atomic E-state index is -5.19. The molecule has 1 atom stereocenters. The number of aliphatic hydroxyl groups is 1. The molecule has 0 unspecified atom stereocenters. The van der Waals surface area contributed by atoms with E-state index in [0.717, 1.165) is 49.9 Å². The fourth-order valence-corrected chi connectivity index (χ4v) is 6.35. The first kappa shape index (κ1) is 36.2. The lowest BCUT2D eigenvalue weighted by Gasteiger charge is -2.52. The van der Waals surface area contributed by atoms with Gasteiger partial charge in [-0.2, -0.15) is 13.2 Å². The summed E-state index contributed by atoms with van der Waals surface area (Å²) in [7, 11) is 3.11. The number of aliphatic carboxylic acids is 1. The predicted octanol–water partition coefficient (Wildman–Crippen LogP) is 3.21. The van der Waals surface area contributed by atoms with Crippen LogP contribution in [0.4, 0.5) is 13.2 Å². The summed E-state index contributed by atoms with van der Waals surface area (Å²) < 4.78 is 49.2.